The lowest BCUT2D eigenvalue weighted by molar-refractivity contribution is -0.137. The first-order valence-corrected chi connectivity index (χ1v) is 6.28. The Morgan fingerprint density at radius 3 is 2.29 bits per heavy atom. The van der Waals surface area contributed by atoms with Crippen LogP contribution in [0.2, 0.25) is 0 Å². The SMILES string of the molecule is CC(=O)Cc1ccc(Oc2cccc(C(F)(F)F)c2)cc1. The summed E-state index contributed by atoms with van der Waals surface area (Å²) in [4.78, 5) is 11.0. The first-order chi connectivity index (χ1) is 9.84. The molecule has 0 saturated heterocycles. The van der Waals surface area contributed by atoms with Crippen molar-refractivity contribution >= 4 is 5.78 Å². The van der Waals surface area contributed by atoms with Crippen LogP contribution in [0.25, 0.3) is 0 Å². The zero-order valence-corrected chi connectivity index (χ0v) is 11.3. The normalized spacial score (nSPS) is 11.2. The summed E-state index contributed by atoms with van der Waals surface area (Å²) in [6, 6.07) is 11.4. The van der Waals surface area contributed by atoms with Gasteiger partial charge in [-0.1, -0.05) is 18.2 Å². The number of rotatable bonds is 4. The molecule has 0 aliphatic rings. The molecule has 0 bridgehead atoms. The summed E-state index contributed by atoms with van der Waals surface area (Å²) >= 11 is 0. The van der Waals surface area contributed by atoms with Gasteiger partial charge in [0, 0.05) is 6.42 Å². The molecule has 0 aliphatic carbocycles. The Morgan fingerprint density at radius 1 is 1.05 bits per heavy atom. The van der Waals surface area contributed by atoms with Gasteiger partial charge in [-0.25, -0.2) is 0 Å². The molecule has 0 N–H and O–H groups in total. The van der Waals surface area contributed by atoms with Crippen molar-refractivity contribution < 1.29 is 22.7 Å². The minimum absolute atomic E-state index is 0.0431. The Labute approximate surface area is 120 Å². The molecule has 0 unspecified atom stereocenters. The van der Waals surface area contributed by atoms with E-state index in [2.05, 4.69) is 0 Å². The third-order valence-electron chi connectivity index (χ3n) is 2.77. The Bertz CT molecular complexity index is 631. The molecule has 5 heteroatoms. The molecule has 110 valence electrons. The lowest BCUT2D eigenvalue weighted by Gasteiger charge is -2.10. The minimum Gasteiger partial charge on any atom is -0.457 e. The smallest absolute Gasteiger partial charge is 0.416 e. The van der Waals surface area contributed by atoms with Crippen LogP contribution in [-0.2, 0) is 17.4 Å². The Hall–Kier alpha value is -2.30. The van der Waals surface area contributed by atoms with E-state index in [4.69, 9.17) is 4.74 Å². The van der Waals surface area contributed by atoms with Crippen LogP contribution >= 0.6 is 0 Å². The lowest BCUT2D eigenvalue weighted by Crippen LogP contribution is -2.04. The molecule has 2 aromatic rings. The number of halogens is 3. The second-order valence-corrected chi connectivity index (χ2v) is 4.65. The summed E-state index contributed by atoms with van der Waals surface area (Å²) in [6.07, 6.45) is -4.07. The number of hydrogen-bond donors (Lipinski definition) is 0. The molecule has 0 amide bonds. The number of benzene rings is 2. The maximum absolute atomic E-state index is 12.6. The third kappa shape index (κ3) is 4.34. The molecular weight excluding hydrogens is 281 g/mol. The van der Waals surface area contributed by atoms with Crippen LogP contribution in [0.3, 0.4) is 0 Å². The molecule has 0 spiro atoms. The number of ether oxygens (including phenoxy) is 1. The molecule has 0 radical (unpaired) electrons. The number of carbonyl (C=O) groups excluding carboxylic acids is 1. The zero-order valence-electron chi connectivity index (χ0n) is 11.3. The maximum atomic E-state index is 12.6. The van der Waals surface area contributed by atoms with Gasteiger partial charge in [-0.15, -0.1) is 0 Å². The highest BCUT2D eigenvalue weighted by atomic mass is 19.4. The fourth-order valence-electron chi connectivity index (χ4n) is 1.83. The quantitative estimate of drug-likeness (QED) is 0.821. The van der Waals surface area contributed by atoms with E-state index in [1.165, 1.54) is 19.1 Å². The van der Waals surface area contributed by atoms with Crippen LogP contribution < -0.4 is 4.74 Å². The third-order valence-corrected chi connectivity index (χ3v) is 2.77. The molecule has 0 aromatic heterocycles. The van der Waals surface area contributed by atoms with Gasteiger partial charge in [0.1, 0.15) is 17.3 Å². The summed E-state index contributed by atoms with van der Waals surface area (Å²) in [7, 11) is 0. The molecule has 0 heterocycles. The van der Waals surface area contributed by atoms with Gasteiger partial charge < -0.3 is 4.74 Å². The first kappa shape index (κ1) is 15.1. The van der Waals surface area contributed by atoms with Crippen LogP contribution in [0, 0.1) is 0 Å². The van der Waals surface area contributed by atoms with Gasteiger partial charge >= 0.3 is 6.18 Å². The average Bonchev–Trinajstić information content (AvgIpc) is 2.40. The van der Waals surface area contributed by atoms with E-state index in [0.29, 0.717) is 12.2 Å². The van der Waals surface area contributed by atoms with Gasteiger partial charge in [-0.3, -0.25) is 4.79 Å². The summed E-state index contributed by atoms with van der Waals surface area (Å²) in [5.41, 5.74) is 0.0760. The number of carbonyl (C=O) groups is 1. The summed E-state index contributed by atoms with van der Waals surface area (Å²) < 4.78 is 43.2. The predicted octanol–water partition coefficient (Wildman–Crippen LogP) is 4.63. The maximum Gasteiger partial charge on any atom is 0.416 e. The predicted molar refractivity (Wildman–Crippen MR) is 72.3 cm³/mol. The molecule has 21 heavy (non-hydrogen) atoms. The summed E-state index contributed by atoms with van der Waals surface area (Å²) in [5.74, 6) is 0.576. The number of alkyl halides is 3. The molecule has 2 nitrogen and oxygen atoms in total. The van der Waals surface area contributed by atoms with E-state index in [1.54, 1.807) is 24.3 Å². The van der Waals surface area contributed by atoms with Crippen LogP contribution in [0.5, 0.6) is 11.5 Å². The van der Waals surface area contributed by atoms with Crippen molar-refractivity contribution in [3.63, 3.8) is 0 Å². The van der Waals surface area contributed by atoms with Crippen LogP contribution in [0.1, 0.15) is 18.1 Å². The average molecular weight is 294 g/mol. The van der Waals surface area contributed by atoms with Crippen molar-refractivity contribution in [3.8, 4) is 11.5 Å². The van der Waals surface area contributed by atoms with E-state index in [9.17, 15) is 18.0 Å². The van der Waals surface area contributed by atoms with E-state index in [0.717, 1.165) is 17.7 Å². The van der Waals surface area contributed by atoms with Gasteiger partial charge in [-0.2, -0.15) is 13.2 Å². The van der Waals surface area contributed by atoms with Crippen molar-refractivity contribution in [2.24, 2.45) is 0 Å². The van der Waals surface area contributed by atoms with Gasteiger partial charge in [0.25, 0.3) is 0 Å². The standard InChI is InChI=1S/C16H13F3O2/c1-11(20)9-12-5-7-14(8-6-12)21-15-4-2-3-13(10-15)16(17,18)19/h2-8,10H,9H2,1H3. The van der Waals surface area contributed by atoms with Crippen LogP contribution in [0.15, 0.2) is 48.5 Å². The van der Waals surface area contributed by atoms with Crippen LogP contribution in [-0.4, -0.2) is 5.78 Å². The van der Waals surface area contributed by atoms with Crippen molar-refractivity contribution in [1.82, 2.24) is 0 Å². The van der Waals surface area contributed by atoms with Crippen molar-refractivity contribution in [2.45, 2.75) is 19.5 Å². The van der Waals surface area contributed by atoms with Gasteiger partial charge in [0.15, 0.2) is 0 Å². The second-order valence-electron chi connectivity index (χ2n) is 4.65. The zero-order chi connectivity index (χ0) is 15.5. The minimum atomic E-state index is -4.40. The Balaban J connectivity index is 2.13. The van der Waals surface area contributed by atoms with Crippen molar-refractivity contribution in [1.29, 1.82) is 0 Å². The summed E-state index contributed by atoms with van der Waals surface area (Å²) in [5, 5.41) is 0. The van der Waals surface area contributed by atoms with Gasteiger partial charge in [0.05, 0.1) is 5.56 Å². The van der Waals surface area contributed by atoms with E-state index >= 15 is 0 Å². The molecule has 2 aromatic carbocycles. The molecule has 0 atom stereocenters. The molecule has 2 rings (SSSR count). The number of Topliss-reactive ketones (excluding diaryl/α,β-unsaturated/α-hetero) is 1. The van der Waals surface area contributed by atoms with Crippen molar-refractivity contribution in [3.05, 3.63) is 59.7 Å². The Kier molecular flexibility index (Phi) is 4.31. The van der Waals surface area contributed by atoms with E-state index in [1.807, 2.05) is 0 Å². The van der Waals surface area contributed by atoms with E-state index < -0.39 is 11.7 Å². The Morgan fingerprint density at radius 2 is 1.71 bits per heavy atom. The first-order valence-electron chi connectivity index (χ1n) is 6.28. The highest BCUT2D eigenvalue weighted by Crippen LogP contribution is 2.32. The largest absolute Gasteiger partial charge is 0.457 e. The van der Waals surface area contributed by atoms with Gasteiger partial charge in [-0.05, 0) is 42.8 Å². The fraction of sp³-hybridized carbons (Fsp3) is 0.188. The molecular formula is C16H13F3O2. The summed E-state index contributed by atoms with van der Waals surface area (Å²) in [6.45, 7) is 1.49. The highest BCUT2D eigenvalue weighted by Gasteiger charge is 2.30. The van der Waals surface area contributed by atoms with E-state index in [-0.39, 0.29) is 11.5 Å². The van der Waals surface area contributed by atoms with Gasteiger partial charge in [0.2, 0.25) is 0 Å². The molecule has 0 fully saturated rings. The van der Waals surface area contributed by atoms with Crippen molar-refractivity contribution in [2.75, 3.05) is 0 Å². The number of ketones is 1. The lowest BCUT2D eigenvalue weighted by atomic mass is 10.1. The molecule has 0 aliphatic heterocycles. The fourth-order valence-corrected chi connectivity index (χ4v) is 1.83. The highest BCUT2D eigenvalue weighted by molar-refractivity contribution is 5.78. The number of hydrogen-bond acceptors (Lipinski definition) is 2. The molecule has 0 saturated carbocycles. The second kappa shape index (κ2) is 5.99. The monoisotopic (exact) mass is 294 g/mol. The topological polar surface area (TPSA) is 26.3 Å². The van der Waals surface area contributed by atoms with Crippen LogP contribution in [0.4, 0.5) is 13.2 Å².